The maximum atomic E-state index is 13.1. The number of nitrogens with zero attached hydrogens (tertiary/aromatic N) is 6. The van der Waals surface area contributed by atoms with Gasteiger partial charge in [-0.2, -0.15) is 18.1 Å². The van der Waals surface area contributed by atoms with Gasteiger partial charge in [0.25, 0.3) is 11.8 Å². The van der Waals surface area contributed by atoms with Gasteiger partial charge in [0.05, 0.1) is 28.9 Å². The van der Waals surface area contributed by atoms with Gasteiger partial charge in [0.2, 0.25) is 0 Å². The van der Waals surface area contributed by atoms with Gasteiger partial charge in [-0.25, -0.2) is 19.9 Å². The zero-order valence-corrected chi connectivity index (χ0v) is 21.3. The average Bonchev–Trinajstić information content (AvgIpc) is 3.40. The first-order valence-corrected chi connectivity index (χ1v) is 12.4. The van der Waals surface area contributed by atoms with Crippen molar-refractivity contribution in [2.24, 2.45) is 5.18 Å². The first-order valence-electron chi connectivity index (χ1n) is 11.2. The number of anilines is 2. The lowest BCUT2D eigenvalue weighted by molar-refractivity contribution is -0.137. The van der Waals surface area contributed by atoms with Crippen LogP contribution in [0.3, 0.4) is 0 Å². The standard InChI is InChI=1S/C22H20ClF3N8O3S/c1-11(31-19(35)15-7-18(30-10-29-15)34-4-2-12(33-37)3-5-34)21-28-9-16(38-21)20(36)32-17-6-13(22(24,25)26)14(23)8-27-17/h6-12H,2-5H2,1H3,(H,31,35)(H,27,32,36)/t11-/m1/s1. The van der Waals surface area contributed by atoms with E-state index in [9.17, 15) is 27.7 Å². The van der Waals surface area contributed by atoms with Crippen LogP contribution in [0.15, 0.2) is 36.0 Å². The third kappa shape index (κ3) is 6.39. The first kappa shape index (κ1) is 27.3. The van der Waals surface area contributed by atoms with Crippen LogP contribution in [0.5, 0.6) is 0 Å². The van der Waals surface area contributed by atoms with E-state index in [4.69, 9.17) is 11.6 Å². The van der Waals surface area contributed by atoms with E-state index in [2.05, 4.69) is 35.7 Å². The number of carbonyl (C=O) groups is 2. The van der Waals surface area contributed by atoms with E-state index in [1.54, 1.807) is 13.0 Å². The Morgan fingerprint density at radius 2 is 1.87 bits per heavy atom. The second-order valence-electron chi connectivity index (χ2n) is 8.34. The summed E-state index contributed by atoms with van der Waals surface area (Å²) in [4.78, 5) is 54.2. The Bertz CT molecular complexity index is 1350. The predicted octanol–water partition coefficient (Wildman–Crippen LogP) is 4.48. The van der Waals surface area contributed by atoms with Crippen molar-refractivity contribution in [3.63, 3.8) is 0 Å². The van der Waals surface area contributed by atoms with Crippen LogP contribution in [-0.2, 0) is 6.18 Å². The molecule has 2 amide bonds. The Balaban J connectivity index is 1.38. The number of thiazole rings is 1. The number of pyridine rings is 1. The van der Waals surface area contributed by atoms with E-state index in [1.807, 2.05) is 4.90 Å². The van der Waals surface area contributed by atoms with Crippen LogP contribution in [0.4, 0.5) is 24.8 Å². The molecule has 0 bridgehead atoms. The second kappa shape index (κ2) is 11.3. The molecule has 1 fully saturated rings. The van der Waals surface area contributed by atoms with Gasteiger partial charge < -0.3 is 15.5 Å². The van der Waals surface area contributed by atoms with Gasteiger partial charge in [-0.3, -0.25) is 9.59 Å². The number of hydrogen-bond donors (Lipinski definition) is 2. The summed E-state index contributed by atoms with van der Waals surface area (Å²) < 4.78 is 39.2. The summed E-state index contributed by atoms with van der Waals surface area (Å²) in [6.45, 7) is 2.82. The van der Waals surface area contributed by atoms with Crippen LogP contribution in [0.2, 0.25) is 5.02 Å². The van der Waals surface area contributed by atoms with Gasteiger partial charge in [0.1, 0.15) is 33.5 Å². The average molecular weight is 569 g/mol. The summed E-state index contributed by atoms with van der Waals surface area (Å²) in [6, 6.07) is 1.36. The molecule has 3 aromatic rings. The fourth-order valence-electron chi connectivity index (χ4n) is 3.67. The molecule has 1 atom stereocenters. The first-order chi connectivity index (χ1) is 18.0. The van der Waals surface area contributed by atoms with Crippen molar-refractivity contribution in [2.75, 3.05) is 23.3 Å². The van der Waals surface area contributed by atoms with Crippen LogP contribution in [0, 0.1) is 4.91 Å². The molecular weight excluding hydrogens is 549 g/mol. The topological polar surface area (TPSA) is 142 Å². The quantitative estimate of drug-likeness (QED) is 0.397. The Morgan fingerprint density at radius 1 is 1.13 bits per heavy atom. The SMILES string of the molecule is C[C@@H](NC(=O)c1cc(N2CCC(N=O)CC2)ncn1)c1ncc(C(=O)Nc2cc(C(F)(F)F)c(Cl)cn2)s1. The highest BCUT2D eigenvalue weighted by molar-refractivity contribution is 7.13. The third-order valence-electron chi connectivity index (χ3n) is 5.69. The highest BCUT2D eigenvalue weighted by Crippen LogP contribution is 2.35. The largest absolute Gasteiger partial charge is 0.418 e. The Morgan fingerprint density at radius 3 is 2.55 bits per heavy atom. The Hall–Kier alpha value is -3.72. The molecule has 1 aliphatic heterocycles. The lowest BCUT2D eigenvalue weighted by atomic mass is 10.1. The molecular formula is C22H20ClF3N8O3S. The predicted molar refractivity (Wildman–Crippen MR) is 133 cm³/mol. The number of carbonyl (C=O) groups excluding carboxylic acids is 2. The van der Waals surface area contributed by atoms with Crippen molar-refractivity contribution in [1.29, 1.82) is 0 Å². The van der Waals surface area contributed by atoms with Crippen LogP contribution < -0.4 is 15.5 Å². The monoisotopic (exact) mass is 568 g/mol. The summed E-state index contributed by atoms with van der Waals surface area (Å²) in [5.41, 5.74) is -0.998. The summed E-state index contributed by atoms with van der Waals surface area (Å²) in [5.74, 6) is -0.977. The van der Waals surface area contributed by atoms with E-state index in [-0.39, 0.29) is 22.4 Å². The number of nitrogens with one attached hydrogen (secondary N) is 2. The zero-order chi connectivity index (χ0) is 27.4. The van der Waals surface area contributed by atoms with E-state index < -0.39 is 34.6 Å². The highest BCUT2D eigenvalue weighted by Gasteiger charge is 2.34. The molecule has 16 heteroatoms. The number of halogens is 4. The number of aromatic nitrogens is 4. The molecule has 38 heavy (non-hydrogen) atoms. The number of rotatable bonds is 7. The number of nitroso groups, excluding NO2 is 1. The maximum Gasteiger partial charge on any atom is 0.418 e. The lowest BCUT2D eigenvalue weighted by Gasteiger charge is -2.29. The van der Waals surface area contributed by atoms with Gasteiger partial charge >= 0.3 is 6.18 Å². The van der Waals surface area contributed by atoms with Crippen LogP contribution in [-0.4, -0.2) is 50.9 Å². The lowest BCUT2D eigenvalue weighted by Crippen LogP contribution is -2.36. The summed E-state index contributed by atoms with van der Waals surface area (Å²) in [6.07, 6.45) is -0.176. The van der Waals surface area contributed by atoms with E-state index in [1.165, 1.54) is 12.5 Å². The van der Waals surface area contributed by atoms with Gasteiger partial charge in [-0.05, 0) is 25.8 Å². The number of hydrogen-bond acceptors (Lipinski definition) is 10. The summed E-state index contributed by atoms with van der Waals surface area (Å²) >= 11 is 6.51. The van der Waals surface area contributed by atoms with Crippen LogP contribution in [0.25, 0.3) is 0 Å². The molecule has 0 saturated carbocycles. The third-order valence-corrected chi connectivity index (χ3v) is 7.17. The molecule has 2 N–H and O–H groups in total. The molecule has 1 saturated heterocycles. The molecule has 0 aromatic carbocycles. The van der Waals surface area contributed by atoms with Crippen molar-refractivity contribution >= 4 is 46.4 Å². The molecule has 0 aliphatic carbocycles. The van der Waals surface area contributed by atoms with Crippen molar-refractivity contribution in [1.82, 2.24) is 25.3 Å². The molecule has 1 aliphatic rings. The van der Waals surface area contributed by atoms with Crippen molar-refractivity contribution in [3.8, 4) is 0 Å². The Labute approximate surface area is 222 Å². The summed E-state index contributed by atoms with van der Waals surface area (Å²) in [5, 5.41) is 7.92. The van der Waals surface area contributed by atoms with Crippen molar-refractivity contribution < 1.29 is 22.8 Å². The normalized spacial score (nSPS) is 15.1. The molecule has 4 heterocycles. The number of amides is 2. The molecule has 11 nitrogen and oxygen atoms in total. The highest BCUT2D eigenvalue weighted by atomic mass is 35.5. The van der Waals surface area contributed by atoms with E-state index >= 15 is 0 Å². The molecule has 0 spiro atoms. The minimum atomic E-state index is -4.71. The minimum Gasteiger partial charge on any atom is -0.356 e. The molecule has 4 rings (SSSR count). The van der Waals surface area contributed by atoms with Crippen molar-refractivity contribution in [3.05, 3.63) is 61.9 Å². The minimum absolute atomic E-state index is 0.101. The Kier molecular flexibility index (Phi) is 8.16. The fourth-order valence-corrected chi connectivity index (χ4v) is 4.70. The van der Waals surface area contributed by atoms with Crippen molar-refractivity contribution in [2.45, 2.75) is 38.0 Å². The summed E-state index contributed by atoms with van der Waals surface area (Å²) in [7, 11) is 0. The van der Waals surface area contributed by atoms with E-state index in [0.29, 0.717) is 42.8 Å². The molecule has 0 unspecified atom stereocenters. The van der Waals surface area contributed by atoms with Crippen LogP contribution >= 0.6 is 22.9 Å². The van der Waals surface area contributed by atoms with Crippen LogP contribution in [0.1, 0.15) is 56.5 Å². The fraction of sp³-hybridized carbons (Fsp3) is 0.364. The smallest absolute Gasteiger partial charge is 0.356 e. The molecule has 3 aromatic heterocycles. The molecule has 200 valence electrons. The maximum absolute atomic E-state index is 13.1. The van der Waals surface area contributed by atoms with Gasteiger partial charge in [-0.15, -0.1) is 11.3 Å². The number of piperidine rings is 1. The van der Waals surface area contributed by atoms with E-state index in [0.717, 1.165) is 17.5 Å². The number of alkyl halides is 3. The molecule has 0 radical (unpaired) electrons. The van der Waals surface area contributed by atoms with Gasteiger partial charge in [0, 0.05) is 25.4 Å². The second-order valence-corrected chi connectivity index (χ2v) is 9.81. The zero-order valence-electron chi connectivity index (χ0n) is 19.7. The van der Waals surface area contributed by atoms with Gasteiger partial charge in [0.15, 0.2) is 0 Å². The van der Waals surface area contributed by atoms with Gasteiger partial charge in [-0.1, -0.05) is 16.8 Å².